The Labute approximate surface area is 137 Å². The van der Waals surface area contributed by atoms with Crippen LogP contribution in [0.1, 0.15) is 65.2 Å². The average molecular weight is 328 g/mol. The van der Waals surface area contributed by atoms with Crippen LogP contribution in [0.25, 0.3) is 0 Å². The molecule has 0 aromatic rings. The van der Waals surface area contributed by atoms with Crippen LogP contribution in [-0.4, -0.2) is 48.3 Å². The van der Waals surface area contributed by atoms with Crippen molar-refractivity contribution in [3.05, 3.63) is 0 Å². The van der Waals surface area contributed by atoms with Gasteiger partial charge in [0.25, 0.3) is 0 Å². The molecular weight excluding hydrogens is 293 g/mol. The molecule has 0 aliphatic rings. The Morgan fingerprint density at radius 3 is 2.10 bits per heavy atom. The number of nitrogens with zero attached hydrogens (tertiary/aromatic N) is 1. The van der Waals surface area contributed by atoms with Crippen LogP contribution in [0.15, 0.2) is 0 Å². The average Bonchev–Trinajstić information content (AvgIpc) is 2.29. The third-order valence-corrected chi connectivity index (χ3v) is 4.11. The molecule has 0 heterocycles. The molecule has 2 unspecified atom stereocenters. The SMILES string of the molecule is CCCCCCCCC(Cl)CC[N+](C)(C)CC(C)O.[Cl-]. The highest BCUT2D eigenvalue weighted by atomic mass is 35.5. The first-order valence-electron chi connectivity index (χ1n) is 8.01. The third-order valence-electron chi connectivity index (χ3n) is 3.68. The predicted molar refractivity (Wildman–Crippen MR) is 85.8 cm³/mol. The molecule has 2 atom stereocenters. The van der Waals surface area contributed by atoms with Gasteiger partial charge in [-0.3, -0.25) is 0 Å². The Balaban J connectivity index is 0. The number of halogens is 2. The van der Waals surface area contributed by atoms with Crippen LogP contribution in [0.5, 0.6) is 0 Å². The van der Waals surface area contributed by atoms with Gasteiger partial charge in [-0.2, -0.15) is 0 Å². The molecule has 124 valence electrons. The molecule has 0 aliphatic carbocycles. The molecule has 0 aromatic heterocycles. The summed E-state index contributed by atoms with van der Waals surface area (Å²) in [6.07, 6.45) is 9.98. The van der Waals surface area contributed by atoms with Crippen molar-refractivity contribution >= 4 is 11.6 Å². The van der Waals surface area contributed by atoms with Crippen molar-refractivity contribution in [1.29, 1.82) is 0 Å². The molecule has 4 heteroatoms. The van der Waals surface area contributed by atoms with Gasteiger partial charge in [0.1, 0.15) is 12.6 Å². The van der Waals surface area contributed by atoms with Crippen LogP contribution >= 0.6 is 11.6 Å². The van der Waals surface area contributed by atoms with Gasteiger partial charge in [0.05, 0.1) is 20.6 Å². The maximum atomic E-state index is 9.45. The van der Waals surface area contributed by atoms with Gasteiger partial charge >= 0.3 is 0 Å². The first kappa shape index (κ1) is 22.8. The Morgan fingerprint density at radius 2 is 1.55 bits per heavy atom. The Bertz CT molecular complexity index is 211. The first-order chi connectivity index (χ1) is 8.87. The number of quaternary nitrogens is 1. The number of aliphatic hydroxyl groups is 1. The van der Waals surface area contributed by atoms with E-state index in [-0.39, 0.29) is 18.5 Å². The van der Waals surface area contributed by atoms with E-state index in [0.29, 0.717) is 5.38 Å². The molecule has 0 amide bonds. The van der Waals surface area contributed by atoms with E-state index < -0.39 is 0 Å². The van der Waals surface area contributed by atoms with E-state index in [1.54, 1.807) is 0 Å². The fraction of sp³-hybridized carbons (Fsp3) is 1.00. The minimum Gasteiger partial charge on any atom is -1.00 e. The fourth-order valence-electron chi connectivity index (χ4n) is 2.59. The van der Waals surface area contributed by atoms with Crippen molar-refractivity contribution in [3.63, 3.8) is 0 Å². The second-order valence-electron chi connectivity index (χ2n) is 6.63. The van der Waals surface area contributed by atoms with Crippen LogP contribution in [-0.2, 0) is 0 Å². The monoisotopic (exact) mass is 327 g/mol. The topological polar surface area (TPSA) is 20.2 Å². The lowest BCUT2D eigenvalue weighted by molar-refractivity contribution is -0.893. The summed E-state index contributed by atoms with van der Waals surface area (Å²) in [5.41, 5.74) is 0. The largest absolute Gasteiger partial charge is 1.00 e. The predicted octanol–water partition coefficient (Wildman–Crippen LogP) is 1.20. The second kappa shape index (κ2) is 13.2. The van der Waals surface area contributed by atoms with E-state index in [9.17, 15) is 5.11 Å². The minimum atomic E-state index is -0.234. The third kappa shape index (κ3) is 14.9. The van der Waals surface area contributed by atoms with Gasteiger partial charge in [-0.05, 0) is 13.3 Å². The normalized spacial score (nSPS) is 14.7. The summed E-state index contributed by atoms with van der Waals surface area (Å²) in [4.78, 5) is 0. The Kier molecular flexibility index (Phi) is 15.0. The van der Waals surface area contributed by atoms with Gasteiger partial charge in [0.15, 0.2) is 0 Å². The number of hydrogen-bond acceptors (Lipinski definition) is 1. The highest BCUT2D eigenvalue weighted by Crippen LogP contribution is 2.16. The summed E-state index contributed by atoms with van der Waals surface area (Å²) in [5.74, 6) is 0. The molecular formula is C16H35Cl2NO. The summed E-state index contributed by atoms with van der Waals surface area (Å²) in [7, 11) is 4.34. The van der Waals surface area contributed by atoms with E-state index >= 15 is 0 Å². The molecule has 0 aliphatic heterocycles. The van der Waals surface area contributed by atoms with Crippen molar-refractivity contribution in [2.24, 2.45) is 0 Å². The number of unbranched alkanes of at least 4 members (excludes halogenated alkanes) is 5. The van der Waals surface area contributed by atoms with E-state index in [4.69, 9.17) is 11.6 Å². The highest BCUT2D eigenvalue weighted by Gasteiger charge is 2.19. The van der Waals surface area contributed by atoms with Gasteiger partial charge in [0.2, 0.25) is 0 Å². The molecule has 1 N–H and O–H groups in total. The smallest absolute Gasteiger partial charge is 0.104 e. The summed E-state index contributed by atoms with van der Waals surface area (Å²) in [6, 6.07) is 0. The number of aliphatic hydroxyl groups excluding tert-OH is 1. The Morgan fingerprint density at radius 1 is 1.00 bits per heavy atom. The van der Waals surface area contributed by atoms with Crippen molar-refractivity contribution in [1.82, 2.24) is 0 Å². The lowest BCUT2D eigenvalue weighted by Gasteiger charge is -2.31. The van der Waals surface area contributed by atoms with E-state index in [1.165, 1.54) is 38.5 Å². The van der Waals surface area contributed by atoms with Crippen molar-refractivity contribution in [2.45, 2.75) is 76.7 Å². The molecule has 0 saturated carbocycles. The van der Waals surface area contributed by atoms with Crippen molar-refractivity contribution in [3.8, 4) is 0 Å². The van der Waals surface area contributed by atoms with Gasteiger partial charge < -0.3 is 22.0 Å². The summed E-state index contributed by atoms with van der Waals surface area (Å²) >= 11 is 6.39. The van der Waals surface area contributed by atoms with Crippen LogP contribution < -0.4 is 12.4 Å². The van der Waals surface area contributed by atoms with Crippen molar-refractivity contribution in [2.75, 3.05) is 27.2 Å². The fourth-order valence-corrected chi connectivity index (χ4v) is 2.84. The molecule has 20 heavy (non-hydrogen) atoms. The Hall–Kier alpha value is 0.500. The van der Waals surface area contributed by atoms with Gasteiger partial charge in [-0.25, -0.2) is 0 Å². The van der Waals surface area contributed by atoms with E-state index in [2.05, 4.69) is 21.0 Å². The lowest BCUT2D eigenvalue weighted by Crippen LogP contribution is -3.00. The molecule has 0 saturated heterocycles. The molecule has 0 rings (SSSR count). The maximum Gasteiger partial charge on any atom is 0.104 e. The summed E-state index contributed by atoms with van der Waals surface area (Å²) in [6.45, 7) is 5.96. The minimum absolute atomic E-state index is 0. The van der Waals surface area contributed by atoms with Gasteiger partial charge in [0, 0.05) is 11.8 Å². The molecule has 0 radical (unpaired) electrons. The van der Waals surface area contributed by atoms with Crippen LogP contribution in [0.4, 0.5) is 0 Å². The number of hydrogen-bond donors (Lipinski definition) is 1. The zero-order valence-corrected chi connectivity index (χ0v) is 15.4. The zero-order chi connectivity index (χ0) is 14.7. The zero-order valence-electron chi connectivity index (χ0n) is 13.9. The number of rotatable bonds is 12. The first-order valence-corrected chi connectivity index (χ1v) is 8.45. The maximum absolute atomic E-state index is 9.45. The van der Waals surface area contributed by atoms with Crippen LogP contribution in [0.3, 0.4) is 0 Å². The second-order valence-corrected chi connectivity index (χ2v) is 7.25. The standard InChI is InChI=1S/C16H35ClNO.ClH/c1-5-6-7-8-9-10-11-16(17)12-13-18(3,4)14-15(2)19;/h15-16,19H,5-14H2,1-4H3;1H/q+1;/p-1. The number of likely N-dealkylation sites (N-methyl/N-ethyl adjacent to an activating group) is 1. The molecule has 0 bridgehead atoms. The van der Waals surface area contributed by atoms with E-state index in [0.717, 1.165) is 30.4 Å². The lowest BCUT2D eigenvalue weighted by atomic mass is 10.1. The van der Waals surface area contributed by atoms with Crippen molar-refractivity contribution < 1.29 is 22.0 Å². The van der Waals surface area contributed by atoms with Crippen LogP contribution in [0, 0.1) is 0 Å². The molecule has 0 spiro atoms. The van der Waals surface area contributed by atoms with Crippen LogP contribution in [0.2, 0.25) is 0 Å². The molecule has 0 aromatic carbocycles. The molecule has 0 fully saturated rings. The summed E-state index contributed by atoms with van der Waals surface area (Å²) in [5, 5.41) is 9.75. The number of alkyl halides is 1. The van der Waals surface area contributed by atoms with E-state index in [1.807, 2.05) is 6.92 Å². The quantitative estimate of drug-likeness (QED) is 0.324. The summed E-state index contributed by atoms with van der Waals surface area (Å²) < 4.78 is 0.859. The van der Waals surface area contributed by atoms with Gasteiger partial charge in [-0.15, -0.1) is 11.6 Å². The van der Waals surface area contributed by atoms with Gasteiger partial charge in [-0.1, -0.05) is 45.4 Å². The highest BCUT2D eigenvalue weighted by molar-refractivity contribution is 6.20. The molecule has 2 nitrogen and oxygen atoms in total.